The van der Waals surface area contributed by atoms with E-state index in [2.05, 4.69) is 16.4 Å². The highest BCUT2D eigenvalue weighted by atomic mass is 16.1. The van der Waals surface area contributed by atoms with Crippen LogP contribution in [0.5, 0.6) is 0 Å². The fraction of sp³-hybridized carbons (Fsp3) is 0.300. The van der Waals surface area contributed by atoms with Gasteiger partial charge < -0.3 is 10.3 Å². The van der Waals surface area contributed by atoms with E-state index >= 15 is 0 Å². The summed E-state index contributed by atoms with van der Waals surface area (Å²) in [5, 5.41) is 3.05. The summed E-state index contributed by atoms with van der Waals surface area (Å²) in [5.41, 5.74) is 0.961. The van der Waals surface area contributed by atoms with Crippen LogP contribution in [0, 0.1) is 0 Å². The van der Waals surface area contributed by atoms with Gasteiger partial charge in [0.05, 0.1) is 0 Å². The minimum absolute atomic E-state index is 0.0626. The van der Waals surface area contributed by atoms with E-state index < -0.39 is 0 Å². The highest BCUT2D eigenvalue weighted by Gasteiger charge is 1.85. The maximum Gasteiger partial charge on any atom is 0.247 e. The lowest BCUT2D eigenvalue weighted by atomic mass is 10.2. The molecule has 0 amide bonds. The van der Waals surface area contributed by atoms with Crippen LogP contribution in [0.3, 0.4) is 0 Å². The molecular weight excluding hydrogens is 164 g/mol. The van der Waals surface area contributed by atoms with Gasteiger partial charge in [-0.25, -0.2) is 0 Å². The molecule has 0 aliphatic carbocycles. The molecule has 13 heavy (non-hydrogen) atoms. The zero-order valence-electron chi connectivity index (χ0n) is 7.71. The number of aromatic amines is 1. The van der Waals surface area contributed by atoms with Crippen molar-refractivity contribution in [2.75, 3.05) is 13.6 Å². The lowest BCUT2D eigenvalue weighted by Crippen LogP contribution is -2.05. The predicted octanol–water partition coefficient (Wildman–Crippen LogP) is 0.998. The van der Waals surface area contributed by atoms with Gasteiger partial charge in [-0.1, -0.05) is 12.2 Å². The number of H-pyrrole nitrogens is 1. The molecule has 0 saturated carbocycles. The zero-order valence-corrected chi connectivity index (χ0v) is 7.71. The smallest absolute Gasteiger partial charge is 0.247 e. The molecule has 0 saturated heterocycles. The Morgan fingerprint density at radius 2 is 2.38 bits per heavy atom. The van der Waals surface area contributed by atoms with Crippen molar-refractivity contribution < 1.29 is 0 Å². The molecule has 3 heteroatoms. The van der Waals surface area contributed by atoms with Crippen molar-refractivity contribution in [3.63, 3.8) is 0 Å². The standard InChI is InChI=1S/C10H14N2O/c1-11-7-3-2-4-9-5-6-10(13)12-8-9/h2,4-6,8,11H,3,7H2,1H3,(H,12,13). The molecule has 0 aliphatic rings. The molecule has 0 aliphatic heterocycles. The Balaban J connectivity index is 2.49. The third kappa shape index (κ3) is 3.71. The van der Waals surface area contributed by atoms with Crippen molar-refractivity contribution in [2.45, 2.75) is 6.42 Å². The van der Waals surface area contributed by atoms with E-state index in [9.17, 15) is 4.79 Å². The Bertz CT molecular complexity index is 307. The third-order valence-corrected chi connectivity index (χ3v) is 1.68. The van der Waals surface area contributed by atoms with Crippen LogP contribution < -0.4 is 10.9 Å². The van der Waals surface area contributed by atoms with Gasteiger partial charge in [0.15, 0.2) is 0 Å². The van der Waals surface area contributed by atoms with Gasteiger partial charge >= 0.3 is 0 Å². The van der Waals surface area contributed by atoms with E-state index in [1.807, 2.05) is 13.1 Å². The van der Waals surface area contributed by atoms with Crippen molar-refractivity contribution in [1.29, 1.82) is 0 Å². The van der Waals surface area contributed by atoms with Crippen LogP contribution in [0.15, 0.2) is 29.2 Å². The van der Waals surface area contributed by atoms with E-state index in [4.69, 9.17) is 0 Å². The van der Waals surface area contributed by atoms with Crippen molar-refractivity contribution in [3.05, 3.63) is 40.3 Å². The van der Waals surface area contributed by atoms with Gasteiger partial charge in [-0.15, -0.1) is 0 Å². The summed E-state index contributed by atoms with van der Waals surface area (Å²) in [6.45, 7) is 0.972. The van der Waals surface area contributed by atoms with E-state index in [0.29, 0.717) is 0 Å². The SMILES string of the molecule is CNCCC=Cc1ccc(=O)[nH]c1. The third-order valence-electron chi connectivity index (χ3n) is 1.68. The van der Waals surface area contributed by atoms with Crippen LogP contribution in [-0.2, 0) is 0 Å². The molecule has 70 valence electrons. The summed E-state index contributed by atoms with van der Waals surface area (Å²) in [6, 6.07) is 3.33. The molecule has 0 spiro atoms. The molecule has 0 bridgehead atoms. The van der Waals surface area contributed by atoms with Crippen LogP contribution in [0.2, 0.25) is 0 Å². The maximum atomic E-state index is 10.7. The molecule has 0 unspecified atom stereocenters. The molecule has 1 rings (SSSR count). The van der Waals surface area contributed by atoms with Crippen LogP contribution in [0.1, 0.15) is 12.0 Å². The summed E-state index contributed by atoms with van der Waals surface area (Å²) < 4.78 is 0. The van der Waals surface area contributed by atoms with Gasteiger partial charge in [-0.3, -0.25) is 4.79 Å². The highest BCUT2D eigenvalue weighted by Crippen LogP contribution is 1.97. The monoisotopic (exact) mass is 178 g/mol. The first-order valence-electron chi connectivity index (χ1n) is 4.33. The average molecular weight is 178 g/mol. The average Bonchev–Trinajstić information content (AvgIpc) is 2.15. The van der Waals surface area contributed by atoms with Gasteiger partial charge in [0.25, 0.3) is 0 Å². The summed E-state index contributed by atoms with van der Waals surface area (Å²) in [5.74, 6) is 0. The van der Waals surface area contributed by atoms with Crippen molar-refractivity contribution in [3.8, 4) is 0 Å². The largest absolute Gasteiger partial charge is 0.329 e. The fourth-order valence-electron chi connectivity index (χ4n) is 0.973. The van der Waals surface area contributed by atoms with Crippen LogP contribution in [0.4, 0.5) is 0 Å². The number of aromatic nitrogens is 1. The zero-order chi connectivity index (χ0) is 9.52. The summed E-state index contributed by atoms with van der Waals surface area (Å²) in [6.07, 6.45) is 6.77. The number of hydrogen-bond donors (Lipinski definition) is 2. The number of rotatable bonds is 4. The number of nitrogens with one attached hydrogen (secondary N) is 2. The number of pyridine rings is 1. The normalized spacial score (nSPS) is 10.8. The minimum atomic E-state index is -0.0626. The second-order valence-corrected chi connectivity index (χ2v) is 2.78. The fourth-order valence-corrected chi connectivity index (χ4v) is 0.973. The molecule has 1 aromatic rings. The van der Waals surface area contributed by atoms with Gasteiger partial charge in [0, 0.05) is 12.3 Å². The Labute approximate surface area is 77.5 Å². The van der Waals surface area contributed by atoms with Gasteiger partial charge in [-0.2, -0.15) is 0 Å². The van der Waals surface area contributed by atoms with Crippen molar-refractivity contribution >= 4 is 6.08 Å². The molecule has 0 radical (unpaired) electrons. The quantitative estimate of drug-likeness (QED) is 0.675. The first kappa shape index (κ1) is 9.74. The molecule has 1 aromatic heterocycles. The van der Waals surface area contributed by atoms with E-state index in [0.717, 1.165) is 18.5 Å². The van der Waals surface area contributed by atoms with Crippen molar-refractivity contribution in [2.24, 2.45) is 0 Å². The molecule has 0 fully saturated rings. The van der Waals surface area contributed by atoms with Crippen LogP contribution in [-0.4, -0.2) is 18.6 Å². The topological polar surface area (TPSA) is 44.9 Å². The Kier molecular flexibility index (Phi) is 3.99. The molecule has 0 aromatic carbocycles. The first-order valence-corrected chi connectivity index (χ1v) is 4.33. The second kappa shape index (κ2) is 5.32. The summed E-state index contributed by atoms with van der Waals surface area (Å²) in [7, 11) is 1.92. The van der Waals surface area contributed by atoms with Gasteiger partial charge in [0.2, 0.25) is 5.56 Å². The van der Waals surface area contributed by atoms with E-state index in [1.165, 1.54) is 6.07 Å². The Morgan fingerprint density at radius 3 is 3.00 bits per heavy atom. The Morgan fingerprint density at radius 1 is 1.54 bits per heavy atom. The Hall–Kier alpha value is -1.35. The van der Waals surface area contributed by atoms with Crippen molar-refractivity contribution in [1.82, 2.24) is 10.3 Å². The summed E-state index contributed by atoms with van der Waals surface area (Å²) in [4.78, 5) is 13.3. The lowest BCUT2D eigenvalue weighted by molar-refractivity contribution is 0.809. The molecule has 1 heterocycles. The van der Waals surface area contributed by atoms with E-state index in [-0.39, 0.29) is 5.56 Å². The minimum Gasteiger partial charge on any atom is -0.329 e. The van der Waals surface area contributed by atoms with E-state index in [1.54, 1.807) is 12.3 Å². The second-order valence-electron chi connectivity index (χ2n) is 2.78. The highest BCUT2D eigenvalue weighted by molar-refractivity contribution is 5.47. The molecule has 3 nitrogen and oxygen atoms in total. The van der Waals surface area contributed by atoms with Gasteiger partial charge in [0.1, 0.15) is 0 Å². The van der Waals surface area contributed by atoms with Crippen LogP contribution >= 0.6 is 0 Å². The lowest BCUT2D eigenvalue weighted by Gasteiger charge is -1.92. The predicted molar refractivity (Wildman–Crippen MR) is 54.6 cm³/mol. The number of hydrogen-bond acceptors (Lipinski definition) is 2. The van der Waals surface area contributed by atoms with Gasteiger partial charge in [-0.05, 0) is 31.6 Å². The molecule has 0 atom stereocenters. The molecular formula is C10H14N2O. The first-order chi connectivity index (χ1) is 6.33. The molecule has 2 N–H and O–H groups in total. The van der Waals surface area contributed by atoms with Crippen LogP contribution in [0.25, 0.3) is 6.08 Å². The summed E-state index contributed by atoms with van der Waals surface area (Å²) >= 11 is 0. The maximum absolute atomic E-state index is 10.7.